The van der Waals surface area contributed by atoms with Gasteiger partial charge in [-0.1, -0.05) is 17.7 Å². The first-order valence-corrected chi connectivity index (χ1v) is 9.35. The summed E-state index contributed by atoms with van der Waals surface area (Å²) in [7, 11) is -3.75. The highest BCUT2D eigenvalue weighted by Gasteiger charge is 2.31. The summed E-state index contributed by atoms with van der Waals surface area (Å²) in [6, 6.07) is 6.48. The minimum Gasteiger partial charge on any atom is -0.465 e. The minimum atomic E-state index is -3.75. The topological polar surface area (TPSA) is 66.9 Å². The molecule has 0 amide bonds. The van der Waals surface area contributed by atoms with Crippen molar-refractivity contribution in [3.63, 3.8) is 0 Å². The average Bonchev–Trinajstić information content (AvgIpc) is 2.69. The van der Waals surface area contributed by atoms with Crippen LogP contribution in [0.15, 0.2) is 29.2 Å². The number of aryl methyl sites for hydroxylation is 1. The maximum Gasteiger partial charge on any atom is 0.320 e. The zero-order chi connectivity index (χ0) is 17.7. The van der Waals surface area contributed by atoms with Crippen LogP contribution in [0.1, 0.15) is 12.5 Å². The standard InChI is InChI=1S/C16H23FN2O4S/c1-3-23-16(20)12-18-8-9-19(11-14(17)10-18)24(21,22)15-6-4-13(2)5-7-15/h4-7,14H,3,8-12H2,1-2H3. The van der Waals surface area contributed by atoms with Gasteiger partial charge in [-0.05, 0) is 26.0 Å². The lowest BCUT2D eigenvalue weighted by atomic mass is 10.2. The number of hydrogen-bond acceptors (Lipinski definition) is 5. The molecule has 1 aromatic carbocycles. The number of sulfonamides is 1. The molecule has 0 bridgehead atoms. The molecule has 1 atom stereocenters. The summed E-state index contributed by atoms with van der Waals surface area (Å²) >= 11 is 0. The first kappa shape index (κ1) is 18.8. The van der Waals surface area contributed by atoms with Gasteiger partial charge in [-0.3, -0.25) is 9.69 Å². The normalized spacial score (nSPS) is 20.5. The Morgan fingerprint density at radius 3 is 2.54 bits per heavy atom. The molecule has 1 aliphatic heterocycles. The first-order valence-electron chi connectivity index (χ1n) is 7.91. The number of esters is 1. The fourth-order valence-electron chi connectivity index (χ4n) is 2.60. The SMILES string of the molecule is CCOC(=O)CN1CCN(S(=O)(=O)c2ccc(C)cc2)CC(F)C1. The van der Waals surface area contributed by atoms with E-state index in [4.69, 9.17) is 4.74 Å². The molecule has 24 heavy (non-hydrogen) atoms. The summed E-state index contributed by atoms with van der Waals surface area (Å²) < 4.78 is 45.6. The lowest BCUT2D eigenvalue weighted by Crippen LogP contribution is -2.37. The molecule has 0 spiro atoms. The summed E-state index contributed by atoms with van der Waals surface area (Å²) in [6.45, 7) is 4.02. The van der Waals surface area contributed by atoms with Crippen molar-refractivity contribution in [2.45, 2.75) is 24.9 Å². The second kappa shape index (κ2) is 8.04. The van der Waals surface area contributed by atoms with E-state index >= 15 is 0 Å². The summed E-state index contributed by atoms with van der Waals surface area (Å²) in [5.41, 5.74) is 0.953. The van der Waals surface area contributed by atoms with E-state index in [0.717, 1.165) is 9.87 Å². The fraction of sp³-hybridized carbons (Fsp3) is 0.562. The number of ether oxygens (including phenoxy) is 1. The molecule has 1 aliphatic rings. The van der Waals surface area contributed by atoms with Gasteiger partial charge in [-0.15, -0.1) is 0 Å². The van der Waals surface area contributed by atoms with E-state index in [2.05, 4.69) is 0 Å². The zero-order valence-corrected chi connectivity index (χ0v) is 14.8. The number of rotatable bonds is 5. The van der Waals surface area contributed by atoms with Gasteiger partial charge >= 0.3 is 5.97 Å². The van der Waals surface area contributed by atoms with Crippen molar-refractivity contribution in [1.29, 1.82) is 0 Å². The number of halogens is 1. The molecule has 0 N–H and O–H groups in total. The second-order valence-corrected chi connectivity index (χ2v) is 7.75. The van der Waals surface area contributed by atoms with E-state index in [9.17, 15) is 17.6 Å². The molecule has 8 heteroatoms. The second-order valence-electron chi connectivity index (χ2n) is 5.81. The Labute approximate surface area is 142 Å². The Balaban J connectivity index is 2.09. The number of carbonyl (C=O) groups is 1. The Kier molecular flexibility index (Phi) is 6.31. The molecule has 1 heterocycles. The van der Waals surface area contributed by atoms with Gasteiger partial charge in [-0.25, -0.2) is 12.8 Å². The molecule has 1 aromatic rings. The molecule has 6 nitrogen and oxygen atoms in total. The quantitative estimate of drug-likeness (QED) is 0.740. The Morgan fingerprint density at radius 2 is 1.92 bits per heavy atom. The molecule has 0 aliphatic carbocycles. The van der Waals surface area contributed by atoms with Crippen LogP contribution in [0, 0.1) is 6.92 Å². The lowest BCUT2D eigenvalue weighted by molar-refractivity contribution is -0.144. The highest BCUT2D eigenvalue weighted by Crippen LogP contribution is 2.19. The van der Waals surface area contributed by atoms with Gasteiger partial charge in [0.15, 0.2) is 0 Å². The van der Waals surface area contributed by atoms with Gasteiger partial charge in [0.05, 0.1) is 18.0 Å². The molecule has 1 unspecified atom stereocenters. The summed E-state index contributed by atoms with van der Waals surface area (Å²) in [6.07, 6.45) is -1.36. The molecule has 0 radical (unpaired) electrons. The van der Waals surface area contributed by atoms with Gasteiger partial charge in [0.2, 0.25) is 10.0 Å². The van der Waals surface area contributed by atoms with Crippen LogP contribution in [0.25, 0.3) is 0 Å². The predicted molar refractivity (Wildman–Crippen MR) is 87.9 cm³/mol. The van der Waals surface area contributed by atoms with Crippen LogP contribution < -0.4 is 0 Å². The van der Waals surface area contributed by atoms with E-state index < -0.39 is 22.2 Å². The first-order chi connectivity index (χ1) is 11.3. The Hall–Kier alpha value is -1.51. The molecule has 2 rings (SSSR count). The third kappa shape index (κ3) is 4.75. The van der Waals surface area contributed by atoms with Crippen LogP contribution in [-0.2, 0) is 19.6 Å². The van der Waals surface area contributed by atoms with Crippen LogP contribution in [0.3, 0.4) is 0 Å². The van der Waals surface area contributed by atoms with Gasteiger partial charge in [0, 0.05) is 26.2 Å². The maximum absolute atomic E-state index is 14.2. The molecule has 1 saturated heterocycles. The zero-order valence-electron chi connectivity index (χ0n) is 13.9. The van der Waals surface area contributed by atoms with E-state index in [1.54, 1.807) is 24.0 Å². The highest BCUT2D eigenvalue weighted by molar-refractivity contribution is 7.89. The smallest absolute Gasteiger partial charge is 0.320 e. The van der Waals surface area contributed by atoms with Crippen molar-refractivity contribution in [2.75, 3.05) is 39.3 Å². The number of carbonyl (C=O) groups excluding carboxylic acids is 1. The number of benzene rings is 1. The molecular formula is C16H23FN2O4S. The third-order valence-corrected chi connectivity index (χ3v) is 5.72. The Morgan fingerprint density at radius 1 is 1.25 bits per heavy atom. The van der Waals surface area contributed by atoms with Gasteiger partial charge in [-0.2, -0.15) is 4.31 Å². The lowest BCUT2D eigenvalue weighted by Gasteiger charge is -2.21. The molecule has 1 fully saturated rings. The average molecular weight is 358 g/mol. The summed E-state index contributed by atoms with van der Waals surface area (Å²) in [5, 5.41) is 0. The van der Waals surface area contributed by atoms with E-state index in [-0.39, 0.29) is 44.2 Å². The Bertz CT molecular complexity index is 663. The van der Waals surface area contributed by atoms with Crippen LogP contribution in [0.5, 0.6) is 0 Å². The van der Waals surface area contributed by atoms with Crippen molar-refractivity contribution in [3.8, 4) is 0 Å². The number of nitrogens with zero attached hydrogens (tertiary/aromatic N) is 2. The van der Waals surface area contributed by atoms with Crippen molar-refractivity contribution in [3.05, 3.63) is 29.8 Å². The van der Waals surface area contributed by atoms with E-state index in [1.165, 1.54) is 12.1 Å². The number of alkyl halides is 1. The predicted octanol–water partition coefficient (Wildman–Crippen LogP) is 1.20. The van der Waals surface area contributed by atoms with E-state index in [1.807, 2.05) is 6.92 Å². The van der Waals surface area contributed by atoms with Crippen molar-refractivity contribution in [2.24, 2.45) is 0 Å². The van der Waals surface area contributed by atoms with Crippen LogP contribution in [0.4, 0.5) is 4.39 Å². The summed E-state index contributed by atoms with van der Waals surface area (Å²) in [4.78, 5) is 13.3. The molecular weight excluding hydrogens is 335 g/mol. The van der Waals surface area contributed by atoms with Crippen molar-refractivity contribution >= 4 is 16.0 Å². The number of hydrogen-bond donors (Lipinski definition) is 0. The van der Waals surface area contributed by atoms with Gasteiger partial charge in [0.25, 0.3) is 0 Å². The molecule has 0 aromatic heterocycles. The molecule has 0 saturated carbocycles. The largest absolute Gasteiger partial charge is 0.465 e. The molecule has 134 valence electrons. The fourth-order valence-corrected chi connectivity index (χ4v) is 4.06. The van der Waals surface area contributed by atoms with Crippen LogP contribution >= 0.6 is 0 Å². The van der Waals surface area contributed by atoms with E-state index in [0.29, 0.717) is 0 Å². The minimum absolute atomic E-state index is 0.0126. The van der Waals surface area contributed by atoms with Crippen molar-refractivity contribution in [1.82, 2.24) is 9.21 Å². The van der Waals surface area contributed by atoms with Crippen LogP contribution in [0.2, 0.25) is 0 Å². The van der Waals surface area contributed by atoms with Crippen molar-refractivity contribution < 1.29 is 22.3 Å². The summed E-state index contributed by atoms with van der Waals surface area (Å²) in [5.74, 6) is -0.431. The third-order valence-electron chi connectivity index (χ3n) is 3.84. The van der Waals surface area contributed by atoms with Gasteiger partial charge < -0.3 is 4.74 Å². The monoisotopic (exact) mass is 358 g/mol. The highest BCUT2D eigenvalue weighted by atomic mass is 32.2. The van der Waals surface area contributed by atoms with Gasteiger partial charge in [0.1, 0.15) is 6.17 Å². The maximum atomic E-state index is 14.2. The van der Waals surface area contributed by atoms with Crippen LogP contribution in [-0.4, -0.2) is 69.1 Å².